The normalized spacial score (nSPS) is 10.6. The third-order valence-corrected chi connectivity index (χ3v) is 5.21. The molecule has 0 aromatic rings. The molecule has 0 rings (SSSR count). The molecule has 16 heteroatoms. The number of carbonyl (C=O) groups excluding carboxylic acids is 5. The Kier molecular flexibility index (Phi) is 17.1. The van der Waals surface area contributed by atoms with Gasteiger partial charge in [-0.1, -0.05) is 5.16 Å². The number of amides is 5. The molecule has 35 heavy (non-hydrogen) atoms. The zero-order valence-electron chi connectivity index (χ0n) is 20.3. The number of carbonyl (C=O) groups is 5. The summed E-state index contributed by atoms with van der Waals surface area (Å²) in [6, 6.07) is 0. The summed E-state index contributed by atoms with van der Waals surface area (Å²) in [4.78, 5) is 62.1. The number of alkyl carbamates (subject to hydrolysis) is 3. The van der Waals surface area contributed by atoms with Gasteiger partial charge in [0.15, 0.2) is 6.61 Å². The third-order valence-electron chi connectivity index (χ3n) is 3.90. The molecule has 0 radical (unpaired) electrons. The highest BCUT2D eigenvalue weighted by molar-refractivity contribution is 7.99. The van der Waals surface area contributed by atoms with Gasteiger partial charge in [0.2, 0.25) is 5.91 Å². The number of hydrogen-bond donors (Lipinski definition) is 5. The number of oxime groups is 1. The molecule has 0 spiro atoms. The summed E-state index contributed by atoms with van der Waals surface area (Å²) >= 11 is 1.36. The van der Waals surface area contributed by atoms with Gasteiger partial charge in [-0.2, -0.15) is 11.8 Å². The summed E-state index contributed by atoms with van der Waals surface area (Å²) in [5.74, 6) is 0.0930. The first-order chi connectivity index (χ1) is 16.7. The molecule has 0 aliphatic rings. The Morgan fingerprint density at radius 1 is 0.857 bits per heavy atom. The summed E-state index contributed by atoms with van der Waals surface area (Å²) in [6.07, 6.45) is -0.795. The van der Waals surface area contributed by atoms with Crippen molar-refractivity contribution in [3.8, 4) is 0 Å². The molecule has 0 fully saturated rings. The molecule has 0 aromatic heterocycles. The molecule has 0 aliphatic heterocycles. The van der Waals surface area contributed by atoms with Crippen molar-refractivity contribution < 1.29 is 43.0 Å². The van der Waals surface area contributed by atoms with Gasteiger partial charge in [-0.05, 0) is 0 Å². The second kappa shape index (κ2) is 18.9. The maximum atomic E-state index is 11.8. The van der Waals surface area contributed by atoms with Gasteiger partial charge in [0.05, 0.1) is 18.2 Å². The van der Waals surface area contributed by atoms with E-state index < -0.39 is 29.6 Å². The Labute approximate surface area is 207 Å². The van der Waals surface area contributed by atoms with Gasteiger partial charge < -0.3 is 45.6 Å². The van der Waals surface area contributed by atoms with E-state index >= 15 is 0 Å². The molecule has 0 heterocycles. The molecule has 0 atom stereocenters. The van der Waals surface area contributed by atoms with Crippen molar-refractivity contribution in [3.05, 3.63) is 0 Å². The average molecular weight is 523 g/mol. The van der Waals surface area contributed by atoms with Crippen molar-refractivity contribution in [1.82, 2.24) is 26.6 Å². The average Bonchev–Trinajstić information content (AvgIpc) is 2.85. The van der Waals surface area contributed by atoms with Gasteiger partial charge in [-0.3, -0.25) is 9.59 Å². The van der Waals surface area contributed by atoms with Crippen LogP contribution >= 0.6 is 11.8 Å². The van der Waals surface area contributed by atoms with Gasteiger partial charge >= 0.3 is 18.3 Å². The molecular formula is C19H34N6O9S. The maximum Gasteiger partial charge on any atom is 0.406 e. The predicted molar refractivity (Wildman–Crippen MR) is 127 cm³/mol. The first-order valence-electron chi connectivity index (χ1n) is 10.4. The lowest BCUT2D eigenvalue weighted by molar-refractivity contribution is -0.125. The largest absolute Gasteiger partial charge is 0.449 e. The van der Waals surface area contributed by atoms with Gasteiger partial charge in [-0.25, -0.2) is 14.4 Å². The van der Waals surface area contributed by atoms with Crippen molar-refractivity contribution in [3.63, 3.8) is 0 Å². The van der Waals surface area contributed by atoms with Crippen molar-refractivity contribution in [2.45, 2.75) is 6.92 Å². The Bertz CT molecular complexity index is 673. The molecule has 0 aromatic carbocycles. The Hall–Kier alpha value is -3.43. The van der Waals surface area contributed by atoms with Crippen LogP contribution in [-0.2, 0) is 28.6 Å². The molecule has 0 aliphatic carbocycles. The molecule has 5 N–H and O–H groups in total. The van der Waals surface area contributed by atoms with E-state index in [2.05, 4.69) is 31.7 Å². The zero-order chi connectivity index (χ0) is 26.5. The Balaban J connectivity index is 4.76. The highest BCUT2D eigenvalue weighted by Gasteiger charge is 2.36. The summed E-state index contributed by atoms with van der Waals surface area (Å²) in [5.41, 5.74) is -1.05. The second-order valence-corrected chi connectivity index (χ2v) is 7.98. The molecule has 0 saturated heterocycles. The van der Waals surface area contributed by atoms with Crippen molar-refractivity contribution >= 4 is 48.1 Å². The number of nitrogens with zero attached hydrogens (tertiary/aromatic N) is 1. The standard InChI is InChI=1S/C19H34N6O9S/c1-14(26)23-5-6-25-34-9-15(27)24-7-8-35-13-19(10-31-16(28)20-2,11-32-17(29)21-3)12-33-18(30)22-4/h6H,5,7-13H2,1-4H3,(H,20,28)(H,21,29)(H,22,30)(H,23,26)(H,24,27)/b25-6+. The van der Waals surface area contributed by atoms with Crippen LogP contribution in [0.15, 0.2) is 5.16 Å². The van der Waals surface area contributed by atoms with Gasteiger partial charge in [0.25, 0.3) is 5.91 Å². The predicted octanol–water partition coefficient (Wildman–Crippen LogP) is -0.971. The van der Waals surface area contributed by atoms with Crippen LogP contribution in [0.25, 0.3) is 0 Å². The fourth-order valence-corrected chi connectivity index (χ4v) is 3.17. The monoisotopic (exact) mass is 522 g/mol. The van der Waals surface area contributed by atoms with Gasteiger partial charge in [-0.15, -0.1) is 0 Å². The van der Waals surface area contributed by atoms with E-state index in [-0.39, 0.29) is 51.2 Å². The highest BCUT2D eigenvalue weighted by Crippen LogP contribution is 2.26. The number of thioether (sulfide) groups is 1. The van der Waals surface area contributed by atoms with Crippen LogP contribution < -0.4 is 26.6 Å². The van der Waals surface area contributed by atoms with Crippen molar-refractivity contribution in [1.29, 1.82) is 0 Å². The van der Waals surface area contributed by atoms with E-state index in [4.69, 9.17) is 19.0 Å². The van der Waals surface area contributed by atoms with Gasteiger partial charge in [0.1, 0.15) is 19.8 Å². The third kappa shape index (κ3) is 16.8. The second-order valence-electron chi connectivity index (χ2n) is 6.88. The van der Waals surface area contributed by atoms with E-state index in [1.807, 2.05) is 0 Å². The SMILES string of the molecule is CNC(=O)OCC(COC(=O)NC)(COC(=O)NC)CSCCNC(=O)CO/N=C/CNC(C)=O. The Morgan fingerprint density at radius 3 is 1.83 bits per heavy atom. The van der Waals surface area contributed by atoms with E-state index in [0.29, 0.717) is 5.75 Å². The van der Waals surface area contributed by atoms with Crippen LogP contribution in [0.2, 0.25) is 0 Å². The summed E-state index contributed by atoms with van der Waals surface area (Å²) in [7, 11) is 4.17. The first kappa shape index (κ1) is 31.6. The lowest BCUT2D eigenvalue weighted by Gasteiger charge is -2.31. The summed E-state index contributed by atoms with van der Waals surface area (Å²) in [6.45, 7) is 0.918. The lowest BCUT2D eigenvalue weighted by Crippen LogP contribution is -2.44. The van der Waals surface area contributed by atoms with E-state index in [0.717, 1.165) is 0 Å². The van der Waals surface area contributed by atoms with Crippen molar-refractivity contribution in [2.24, 2.45) is 10.6 Å². The molecule has 200 valence electrons. The van der Waals surface area contributed by atoms with Crippen LogP contribution in [0.3, 0.4) is 0 Å². The molecule has 0 unspecified atom stereocenters. The summed E-state index contributed by atoms with van der Waals surface area (Å²) < 4.78 is 15.5. The van der Waals surface area contributed by atoms with E-state index in [9.17, 15) is 24.0 Å². The smallest absolute Gasteiger partial charge is 0.406 e. The number of rotatable bonds is 16. The molecule has 5 amide bonds. The molecule has 0 bridgehead atoms. The Morgan fingerprint density at radius 2 is 1.37 bits per heavy atom. The molecular weight excluding hydrogens is 488 g/mol. The first-order valence-corrected chi connectivity index (χ1v) is 11.6. The fourth-order valence-electron chi connectivity index (χ4n) is 2.10. The quantitative estimate of drug-likeness (QED) is 0.0728. The number of nitrogens with one attached hydrogen (secondary N) is 5. The van der Waals surface area contributed by atoms with Crippen LogP contribution in [-0.4, -0.2) is 108 Å². The fraction of sp³-hybridized carbons (Fsp3) is 0.684. The maximum absolute atomic E-state index is 11.8. The zero-order valence-corrected chi connectivity index (χ0v) is 21.1. The lowest BCUT2D eigenvalue weighted by atomic mass is 9.94. The number of hydrogen-bond acceptors (Lipinski definition) is 11. The topological polar surface area (TPSA) is 195 Å². The van der Waals surface area contributed by atoms with Crippen LogP contribution in [0.1, 0.15) is 6.92 Å². The highest BCUT2D eigenvalue weighted by atomic mass is 32.2. The van der Waals surface area contributed by atoms with Gasteiger partial charge in [0, 0.05) is 46.1 Å². The molecule has 0 saturated carbocycles. The summed E-state index contributed by atoms with van der Waals surface area (Å²) in [5, 5.41) is 15.6. The van der Waals surface area contributed by atoms with E-state index in [1.54, 1.807) is 0 Å². The minimum absolute atomic E-state index is 0.187. The number of ether oxygens (including phenoxy) is 3. The molecule has 15 nitrogen and oxygen atoms in total. The minimum Gasteiger partial charge on any atom is -0.449 e. The van der Waals surface area contributed by atoms with E-state index in [1.165, 1.54) is 46.0 Å². The minimum atomic E-state index is -1.05. The van der Waals surface area contributed by atoms with Crippen molar-refractivity contribution in [2.75, 3.05) is 72.2 Å². The van der Waals surface area contributed by atoms with Crippen LogP contribution in [0.4, 0.5) is 14.4 Å². The van der Waals surface area contributed by atoms with Crippen LogP contribution in [0.5, 0.6) is 0 Å². The van der Waals surface area contributed by atoms with Crippen LogP contribution in [0, 0.1) is 5.41 Å².